The van der Waals surface area contributed by atoms with E-state index in [4.69, 9.17) is 5.73 Å². The van der Waals surface area contributed by atoms with E-state index >= 15 is 0 Å². The molecule has 124 valence electrons. The van der Waals surface area contributed by atoms with Gasteiger partial charge in [0.1, 0.15) is 12.0 Å². The fraction of sp³-hybridized carbons (Fsp3) is 0.312. The van der Waals surface area contributed by atoms with E-state index in [-0.39, 0.29) is 17.2 Å². The third kappa shape index (κ3) is 3.17. The first kappa shape index (κ1) is 15.9. The average molecular weight is 327 g/mol. The highest BCUT2D eigenvalue weighted by Crippen LogP contribution is 2.31. The fourth-order valence-electron chi connectivity index (χ4n) is 3.04. The molecule has 0 saturated carbocycles. The zero-order valence-corrected chi connectivity index (χ0v) is 13.0. The Bertz CT molecular complexity index is 766. The zero-order valence-electron chi connectivity index (χ0n) is 13.0. The number of rotatable bonds is 4. The second kappa shape index (κ2) is 6.61. The van der Waals surface area contributed by atoms with Gasteiger partial charge in [-0.1, -0.05) is 6.07 Å². The summed E-state index contributed by atoms with van der Waals surface area (Å²) in [6.45, 7) is 1.39. The molecule has 1 saturated heterocycles. The lowest BCUT2D eigenvalue weighted by molar-refractivity contribution is -0.385. The Balaban J connectivity index is 1.90. The van der Waals surface area contributed by atoms with Gasteiger partial charge in [0.25, 0.3) is 11.6 Å². The maximum atomic E-state index is 11.7. The van der Waals surface area contributed by atoms with Gasteiger partial charge < -0.3 is 10.6 Å². The molecule has 1 aliphatic rings. The maximum absolute atomic E-state index is 11.7. The zero-order chi connectivity index (χ0) is 17.1. The van der Waals surface area contributed by atoms with Crippen molar-refractivity contribution < 1.29 is 9.72 Å². The minimum absolute atomic E-state index is 0.0797. The van der Waals surface area contributed by atoms with Crippen LogP contribution in [0.2, 0.25) is 0 Å². The molecule has 1 unspecified atom stereocenters. The van der Waals surface area contributed by atoms with Crippen LogP contribution in [0.15, 0.2) is 36.8 Å². The van der Waals surface area contributed by atoms with Crippen LogP contribution in [0.25, 0.3) is 0 Å². The maximum Gasteiger partial charge on any atom is 0.288 e. The Morgan fingerprint density at radius 2 is 2.25 bits per heavy atom. The van der Waals surface area contributed by atoms with Crippen molar-refractivity contribution in [1.29, 1.82) is 0 Å². The third-order valence-electron chi connectivity index (χ3n) is 4.21. The van der Waals surface area contributed by atoms with Crippen LogP contribution in [0.3, 0.4) is 0 Å². The van der Waals surface area contributed by atoms with Crippen LogP contribution in [-0.4, -0.2) is 33.9 Å². The number of nitrogens with zero attached hydrogens (tertiary/aromatic N) is 4. The molecule has 8 nitrogen and oxygen atoms in total. The molecule has 2 aromatic rings. The van der Waals surface area contributed by atoms with Crippen LogP contribution in [0.4, 0.5) is 11.5 Å². The van der Waals surface area contributed by atoms with Gasteiger partial charge in [-0.15, -0.1) is 0 Å². The molecule has 0 aromatic carbocycles. The molecule has 0 bridgehead atoms. The van der Waals surface area contributed by atoms with Crippen LogP contribution in [0, 0.1) is 10.1 Å². The highest BCUT2D eigenvalue weighted by molar-refractivity contribution is 5.98. The van der Waals surface area contributed by atoms with Crippen molar-refractivity contribution in [3.8, 4) is 0 Å². The van der Waals surface area contributed by atoms with Crippen molar-refractivity contribution in [3.05, 3.63) is 58.0 Å². The monoisotopic (exact) mass is 327 g/mol. The molecule has 3 heterocycles. The summed E-state index contributed by atoms with van der Waals surface area (Å²) < 4.78 is 0. The summed E-state index contributed by atoms with van der Waals surface area (Å²) in [6, 6.07) is 5.12. The Morgan fingerprint density at radius 3 is 2.92 bits per heavy atom. The van der Waals surface area contributed by atoms with Gasteiger partial charge in [0.2, 0.25) is 0 Å². The molecule has 1 fully saturated rings. The number of primary amides is 1. The number of nitro groups is 1. The first-order valence-corrected chi connectivity index (χ1v) is 7.65. The predicted molar refractivity (Wildman–Crippen MR) is 87.8 cm³/mol. The van der Waals surface area contributed by atoms with Gasteiger partial charge >= 0.3 is 0 Å². The van der Waals surface area contributed by atoms with Crippen LogP contribution in [-0.2, 0) is 0 Å². The van der Waals surface area contributed by atoms with E-state index in [1.807, 2.05) is 23.2 Å². The normalized spacial score (nSPS) is 17.5. The lowest BCUT2D eigenvalue weighted by Gasteiger charge is -2.34. The average Bonchev–Trinajstić information content (AvgIpc) is 2.62. The number of nitrogens with two attached hydrogens (primary N) is 1. The van der Waals surface area contributed by atoms with E-state index < -0.39 is 10.8 Å². The van der Waals surface area contributed by atoms with Crippen molar-refractivity contribution in [1.82, 2.24) is 9.97 Å². The fourth-order valence-corrected chi connectivity index (χ4v) is 3.04. The quantitative estimate of drug-likeness (QED) is 0.677. The Morgan fingerprint density at radius 1 is 1.42 bits per heavy atom. The number of carbonyl (C=O) groups excluding carboxylic acids is 1. The Kier molecular flexibility index (Phi) is 4.37. The third-order valence-corrected chi connectivity index (χ3v) is 4.21. The number of carbonyl (C=O) groups is 1. The van der Waals surface area contributed by atoms with Crippen molar-refractivity contribution in [2.75, 3.05) is 18.0 Å². The predicted octanol–water partition coefficient (Wildman–Crippen LogP) is 1.87. The summed E-state index contributed by atoms with van der Waals surface area (Å²) in [7, 11) is 0. The molecule has 2 N–H and O–H groups in total. The highest BCUT2D eigenvalue weighted by atomic mass is 16.6. The Labute approximate surface area is 138 Å². The largest absolute Gasteiger partial charge is 0.365 e. The lowest BCUT2D eigenvalue weighted by Crippen LogP contribution is -2.36. The van der Waals surface area contributed by atoms with Gasteiger partial charge in [0, 0.05) is 37.5 Å². The molecule has 0 radical (unpaired) electrons. The molecule has 1 atom stereocenters. The minimum Gasteiger partial charge on any atom is -0.365 e. The first-order valence-electron chi connectivity index (χ1n) is 7.65. The second-order valence-electron chi connectivity index (χ2n) is 5.76. The van der Waals surface area contributed by atoms with Crippen LogP contribution in [0.5, 0.6) is 0 Å². The molecule has 0 aliphatic carbocycles. The van der Waals surface area contributed by atoms with Crippen LogP contribution >= 0.6 is 0 Å². The summed E-state index contributed by atoms with van der Waals surface area (Å²) in [6.07, 6.45) is 6.67. The number of hydrogen-bond acceptors (Lipinski definition) is 6. The van der Waals surface area contributed by atoms with Gasteiger partial charge in [-0.05, 0) is 24.5 Å². The van der Waals surface area contributed by atoms with Crippen molar-refractivity contribution in [2.24, 2.45) is 5.73 Å². The molecular weight excluding hydrogens is 310 g/mol. The summed E-state index contributed by atoms with van der Waals surface area (Å²) in [4.78, 5) is 32.3. The number of anilines is 1. The molecule has 1 aliphatic heterocycles. The van der Waals surface area contributed by atoms with E-state index in [2.05, 4.69) is 9.97 Å². The van der Waals surface area contributed by atoms with Crippen molar-refractivity contribution in [3.63, 3.8) is 0 Å². The molecule has 24 heavy (non-hydrogen) atoms. The van der Waals surface area contributed by atoms with Crippen molar-refractivity contribution in [2.45, 2.75) is 18.8 Å². The van der Waals surface area contributed by atoms with E-state index in [1.54, 1.807) is 6.20 Å². The summed E-state index contributed by atoms with van der Waals surface area (Å²) in [5.74, 6) is -0.0449. The van der Waals surface area contributed by atoms with E-state index in [1.165, 1.54) is 6.07 Å². The van der Waals surface area contributed by atoms with Crippen LogP contribution in [0.1, 0.15) is 34.7 Å². The van der Waals surface area contributed by atoms with Gasteiger partial charge in [0.15, 0.2) is 0 Å². The second-order valence-corrected chi connectivity index (χ2v) is 5.76. The van der Waals surface area contributed by atoms with Gasteiger partial charge in [0.05, 0.1) is 10.5 Å². The topological polar surface area (TPSA) is 115 Å². The number of aromatic nitrogens is 2. The van der Waals surface area contributed by atoms with Crippen molar-refractivity contribution >= 4 is 17.4 Å². The lowest BCUT2D eigenvalue weighted by atomic mass is 9.91. The van der Waals surface area contributed by atoms with Crippen LogP contribution < -0.4 is 10.6 Å². The Hall–Kier alpha value is -3.03. The minimum atomic E-state index is -0.718. The molecule has 1 amide bonds. The summed E-state index contributed by atoms with van der Waals surface area (Å²) in [5.41, 5.74) is 6.36. The number of hydrogen-bond donors (Lipinski definition) is 1. The first-order chi connectivity index (χ1) is 11.6. The standard InChI is InChI=1S/C16H17N5O3/c17-15(22)14-7-13(21(23)24)9-19-16(14)20-6-2-4-12(10-20)11-3-1-5-18-8-11/h1,3,5,7-9,12H,2,4,6,10H2,(H2,17,22). The molecule has 8 heteroatoms. The molecular formula is C16H17N5O3. The number of pyridine rings is 2. The smallest absolute Gasteiger partial charge is 0.288 e. The van der Waals surface area contributed by atoms with E-state index in [0.29, 0.717) is 12.4 Å². The SMILES string of the molecule is NC(=O)c1cc([N+](=O)[O-])cnc1N1CCCC(c2cccnc2)C1. The summed E-state index contributed by atoms with van der Waals surface area (Å²) in [5, 5.41) is 10.9. The number of amides is 1. The van der Waals surface area contributed by atoms with Gasteiger partial charge in [-0.25, -0.2) is 4.98 Å². The molecule has 0 spiro atoms. The van der Waals surface area contributed by atoms with Gasteiger partial charge in [-0.2, -0.15) is 0 Å². The van der Waals surface area contributed by atoms with E-state index in [0.717, 1.165) is 31.1 Å². The summed E-state index contributed by atoms with van der Waals surface area (Å²) >= 11 is 0. The number of piperidine rings is 1. The highest BCUT2D eigenvalue weighted by Gasteiger charge is 2.26. The molecule has 3 rings (SSSR count). The van der Waals surface area contributed by atoms with E-state index in [9.17, 15) is 14.9 Å². The molecule has 2 aromatic heterocycles. The van der Waals surface area contributed by atoms with Gasteiger partial charge in [-0.3, -0.25) is 19.9 Å².